The molecule has 0 saturated carbocycles. The van der Waals surface area contributed by atoms with Gasteiger partial charge in [-0.2, -0.15) is 0 Å². The summed E-state index contributed by atoms with van der Waals surface area (Å²) < 4.78 is 5.31. The number of benzene rings is 1. The van der Waals surface area contributed by atoms with Crippen molar-refractivity contribution in [2.75, 3.05) is 18.5 Å². The molecular formula is C19H23N3O2S. The molecule has 1 unspecified atom stereocenters. The van der Waals surface area contributed by atoms with Gasteiger partial charge in [-0.05, 0) is 43.6 Å². The Kier molecular flexibility index (Phi) is 4.58. The molecule has 0 bridgehead atoms. The Morgan fingerprint density at radius 3 is 2.80 bits per heavy atom. The van der Waals surface area contributed by atoms with Gasteiger partial charge in [0.15, 0.2) is 5.13 Å². The molecule has 0 spiro atoms. The summed E-state index contributed by atoms with van der Waals surface area (Å²) in [5.41, 5.74) is 7.93. The minimum absolute atomic E-state index is 0.137. The van der Waals surface area contributed by atoms with Crippen molar-refractivity contribution >= 4 is 22.4 Å². The van der Waals surface area contributed by atoms with Gasteiger partial charge in [0.2, 0.25) is 5.91 Å². The summed E-state index contributed by atoms with van der Waals surface area (Å²) in [6.07, 6.45) is 4.17. The molecule has 1 atom stereocenters. The van der Waals surface area contributed by atoms with Crippen LogP contribution in [0.25, 0.3) is 0 Å². The molecule has 2 aliphatic rings. The predicted molar refractivity (Wildman–Crippen MR) is 98.9 cm³/mol. The molecule has 3 N–H and O–H groups in total. The van der Waals surface area contributed by atoms with Gasteiger partial charge in [0, 0.05) is 18.1 Å². The average molecular weight is 357 g/mol. The van der Waals surface area contributed by atoms with Gasteiger partial charge in [0.05, 0.1) is 5.69 Å². The molecule has 1 amide bonds. The second kappa shape index (κ2) is 6.86. The highest BCUT2D eigenvalue weighted by Gasteiger charge is 2.36. The molecule has 25 heavy (non-hydrogen) atoms. The third-order valence-electron chi connectivity index (χ3n) is 5.27. The number of amides is 1. The number of aromatic nitrogens is 1. The Morgan fingerprint density at radius 1 is 1.28 bits per heavy atom. The first-order valence-electron chi connectivity index (χ1n) is 8.86. The number of fused-ring (bicyclic) bond motifs is 1. The van der Waals surface area contributed by atoms with E-state index < -0.39 is 5.54 Å². The number of thiazole rings is 1. The number of hydrogen-bond donors (Lipinski definition) is 2. The van der Waals surface area contributed by atoms with Crippen LogP contribution < -0.4 is 11.1 Å². The van der Waals surface area contributed by atoms with Crippen molar-refractivity contribution in [1.29, 1.82) is 0 Å². The quantitative estimate of drug-likeness (QED) is 0.885. The second-order valence-electron chi connectivity index (χ2n) is 6.96. The van der Waals surface area contributed by atoms with Crippen LogP contribution in [0.5, 0.6) is 0 Å². The van der Waals surface area contributed by atoms with Crippen LogP contribution in [-0.4, -0.2) is 29.6 Å². The lowest BCUT2D eigenvalue weighted by Crippen LogP contribution is -2.54. The Balaban J connectivity index is 1.46. The summed E-state index contributed by atoms with van der Waals surface area (Å²) in [5.74, 6) is 0.399. The molecule has 4 rings (SSSR count). The largest absolute Gasteiger partial charge is 0.381 e. The minimum atomic E-state index is -0.836. The highest BCUT2D eigenvalue weighted by atomic mass is 32.1. The standard InChI is InChI=1S/C19H23N3O2S/c20-19(8-10-24-11-9-19)17(23)22-18-21-15-7-6-14(12-16(15)25-18)13-4-2-1-3-5-13/h1-5,14H,6-12,20H2,(H,21,22,23). The number of nitrogens with one attached hydrogen (secondary N) is 1. The van der Waals surface area contributed by atoms with Crippen molar-refractivity contribution < 1.29 is 9.53 Å². The normalized spacial score (nSPS) is 22.2. The summed E-state index contributed by atoms with van der Waals surface area (Å²) in [5, 5.41) is 3.63. The molecule has 2 heterocycles. The van der Waals surface area contributed by atoms with Gasteiger partial charge in [-0.15, -0.1) is 11.3 Å². The summed E-state index contributed by atoms with van der Waals surface area (Å²) in [6.45, 7) is 1.08. The van der Waals surface area contributed by atoms with E-state index >= 15 is 0 Å². The van der Waals surface area contributed by atoms with Crippen LogP contribution in [0.2, 0.25) is 0 Å². The zero-order valence-electron chi connectivity index (χ0n) is 14.2. The molecule has 1 aliphatic carbocycles. The highest BCUT2D eigenvalue weighted by Crippen LogP contribution is 2.37. The van der Waals surface area contributed by atoms with Crippen molar-refractivity contribution in [3.8, 4) is 0 Å². The highest BCUT2D eigenvalue weighted by molar-refractivity contribution is 7.15. The van der Waals surface area contributed by atoms with Crippen LogP contribution in [0.1, 0.15) is 41.3 Å². The van der Waals surface area contributed by atoms with E-state index in [2.05, 4.69) is 40.6 Å². The monoisotopic (exact) mass is 357 g/mol. The van der Waals surface area contributed by atoms with E-state index in [1.165, 1.54) is 10.4 Å². The number of carbonyl (C=O) groups excluding carboxylic acids is 1. The van der Waals surface area contributed by atoms with Crippen molar-refractivity contribution in [1.82, 2.24) is 4.98 Å². The Labute approximate surface area is 151 Å². The lowest BCUT2D eigenvalue weighted by molar-refractivity contribution is -0.124. The van der Waals surface area contributed by atoms with Crippen LogP contribution in [0, 0.1) is 0 Å². The summed E-state index contributed by atoms with van der Waals surface area (Å²) in [7, 11) is 0. The fraction of sp³-hybridized carbons (Fsp3) is 0.474. The first-order chi connectivity index (χ1) is 12.1. The van der Waals surface area contributed by atoms with Gasteiger partial charge in [-0.3, -0.25) is 4.79 Å². The third kappa shape index (κ3) is 3.47. The van der Waals surface area contributed by atoms with E-state index in [9.17, 15) is 4.79 Å². The number of aryl methyl sites for hydroxylation is 1. The first-order valence-corrected chi connectivity index (χ1v) is 9.67. The molecule has 6 heteroatoms. The number of nitrogens with zero attached hydrogens (tertiary/aromatic N) is 1. The SMILES string of the molecule is NC1(C(=O)Nc2nc3c(s2)CC(c2ccccc2)CC3)CCOCC1. The van der Waals surface area contributed by atoms with Crippen molar-refractivity contribution in [3.63, 3.8) is 0 Å². The van der Waals surface area contributed by atoms with Crippen molar-refractivity contribution in [3.05, 3.63) is 46.5 Å². The Hall–Kier alpha value is -1.76. The third-order valence-corrected chi connectivity index (χ3v) is 6.30. The molecule has 1 saturated heterocycles. The maximum atomic E-state index is 12.6. The fourth-order valence-corrected chi connectivity index (χ4v) is 4.71. The van der Waals surface area contributed by atoms with E-state index in [0.29, 0.717) is 37.1 Å². The fourth-order valence-electron chi connectivity index (χ4n) is 3.62. The molecule has 132 valence electrons. The van der Waals surface area contributed by atoms with E-state index in [1.807, 2.05) is 0 Å². The maximum absolute atomic E-state index is 12.6. The van der Waals surface area contributed by atoms with Crippen LogP contribution >= 0.6 is 11.3 Å². The van der Waals surface area contributed by atoms with E-state index in [4.69, 9.17) is 10.5 Å². The number of anilines is 1. The van der Waals surface area contributed by atoms with Crippen molar-refractivity contribution in [2.45, 2.75) is 43.6 Å². The topological polar surface area (TPSA) is 77.2 Å². The zero-order valence-corrected chi connectivity index (χ0v) is 15.0. The number of rotatable bonds is 3. The van der Waals surface area contributed by atoms with Crippen LogP contribution in [0.15, 0.2) is 30.3 Å². The molecule has 1 aromatic heterocycles. The lowest BCUT2D eigenvalue weighted by atomic mass is 9.85. The van der Waals surface area contributed by atoms with E-state index in [-0.39, 0.29) is 5.91 Å². The molecule has 2 aromatic rings. The minimum Gasteiger partial charge on any atom is -0.381 e. The molecular weight excluding hydrogens is 334 g/mol. The van der Waals surface area contributed by atoms with Gasteiger partial charge in [-0.1, -0.05) is 30.3 Å². The lowest BCUT2D eigenvalue weighted by Gasteiger charge is -2.31. The molecule has 1 aliphatic heterocycles. The van der Waals surface area contributed by atoms with Crippen LogP contribution in [-0.2, 0) is 22.4 Å². The van der Waals surface area contributed by atoms with E-state index in [1.54, 1.807) is 11.3 Å². The molecule has 5 nitrogen and oxygen atoms in total. The molecule has 0 radical (unpaired) electrons. The number of hydrogen-bond acceptors (Lipinski definition) is 5. The number of carbonyl (C=O) groups is 1. The Bertz CT molecular complexity index is 753. The number of ether oxygens (including phenoxy) is 1. The zero-order chi connectivity index (χ0) is 17.3. The van der Waals surface area contributed by atoms with Gasteiger partial charge in [-0.25, -0.2) is 4.98 Å². The van der Waals surface area contributed by atoms with Gasteiger partial charge >= 0.3 is 0 Å². The summed E-state index contributed by atoms with van der Waals surface area (Å²) >= 11 is 1.59. The molecule has 1 aromatic carbocycles. The summed E-state index contributed by atoms with van der Waals surface area (Å²) in [4.78, 5) is 18.5. The maximum Gasteiger partial charge on any atom is 0.246 e. The number of nitrogens with two attached hydrogens (primary N) is 1. The smallest absolute Gasteiger partial charge is 0.246 e. The van der Waals surface area contributed by atoms with Crippen molar-refractivity contribution in [2.24, 2.45) is 5.73 Å². The predicted octanol–water partition coefficient (Wildman–Crippen LogP) is 2.86. The van der Waals surface area contributed by atoms with Crippen LogP contribution in [0.4, 0.5) is 5.13 Å². The van der Waals surface area contributed by atoms with Crippen LogP contribution in [0.3, 0.4) is 0 Å². The Morgan fingerprint density at radius 2 is 2.04 bits per heavy atom. The molecule has 1 fully saturated rings. The van der Waals surface area contributed by atoms with Gasteiger partial charge in [0.25, 0.3) is 0 Å². The van der Waals surface area contributed by atoms with E-state index in [0.717, 1.165) is 25.0 Å². The second-order valence-corrected chi connectivity index (χ2v) is 8.05. The first kappa shape index (κ1) is 16.7. The summed E-state index contributed by atoms with van der Waals surface area (Å²) in [6, 6.07) is 10.6. The van der Waals surface area contributed by atoms with Gasteiger partial charge < -0.3 is 15.8 Å². The average Bonchev–Trinajstić information content (AvgIpc) is 3.04. The van der Waals surface area contributed by atoms with Gasteiger partial charge in [0.1, 0.15) is 5.54 Å².